The van der Waals surface area contributed by atoms with Gasteiger partial charge in [0.05, 0.1) is 13.1 Å². The molecule has 0 aliphatic rings. The van der Waals surface area contributed by atoms with E-state index in [2.05, 4.69) is 15.4 Å². The van der Waals surface area contributed by atoms with E-state index in [1.807, 2.05) is 13.8 Å². The zero-order chi connectivity index (χ0) is 13.8. The molecule has 2 rings (SSSR count). The zero-order valence-electron chi connectivity index (χ0n) is 10.9. The number of hydrogen-bond donors (Lipinski definition) is 1. The van der Waals surface area contributed by atoms with Crippen molar-refractivity contribution in [2.45, 2.75) is 33.0 Å². The molecule has 6 heteroatoms. The number of nitrogens with one attached hydrogen (secondary N) is 1. The van der Waals surface area contributed by atoms with Gasteiger partial charge in [-0.05, 0) is 17.7 Å². The Hall–Kier alpha value is -1.82. The first kappa shape index (κ1) is 13.6. The fraction of sp³-hybridized carbons (Fsp3) is 0.385. The van der Waals surface area contributed by atoms with Crippen molar-refractivity contribution >= 4 is 0 Å². The Kier molecular flexibility index (Phi) is 4.21. The van der Waals surface area contributed by atoms with E-state index in [0.29, 0.717) is 30.5 Å². The highest BCUT2D eigenvalue weighted by Crippen LogP contribution is 2.09. The van der Waals surface area contributed by atoms with Crippen molar-refractivity contribution < 1.29 is 8.78 Å². The maximum absolute atomic E-state index is 13.1. The summed E-state index contributed by atoms with van der Waals surface area (Å²) >= 11 is 0. The van der Waals surface area contributed by atoms with Gasteiger partial charge in [-0.25, -0.2) is 18.4 Å². The van der Waals surface area contributed by atoms with Crippen molar-refractivity contribution in [2.75, 3.05) is 0 Å². The second-order valence-electron chi connectivity index (χ2n) is 4.67. The molecule has 0 bridgehead atoms. The lowest BCUT2D eigenvalue weighted by molar-refractivity contribution is 0.561. The normalized spacial score (nSPS) is 11.2. The van der Waals surface area contributed by atoms with Gasteiger partial charge in [-0.1, -0.05) is 13.8 Å². The van der Waals surface area contributed by atoms with Crippen LogP contribution in [-0.2, 0) is 13.1 Å². The highest BCUT2D eigenvalue weighted by atomic mass is 19.1. The smallest absolute Gasteiger partial charge is 0.164 e. The highest BCUT2D eigenvalue weighted by molar-refractivity contribution is 5.17. The van der Waals surface area contributed by atoms with E-state index < -0.39 is 11.6 Å². The molecule has 1 aromatic heterocycles. The van der Waals surface area contributed by atoms with E-state index in [4.69, 9.17) is 0 Å². The number of halogens is 2. The summed E-state index contributed by atoms with van der Waals surface area (Å²) in [6.45, 7) is 4.94. The lowest BCUT2D eigenvalue weighted by Gasteiger charge is -2.04. The van der Waals surface area contributed by atoms with E-state index in [0.717, 1.165) is 6.07 Å². The molecule has 0 saturated carbocycles. The van der Waals surface area contributed by atoms with Gasteiger partial charge in [0.2, 0.25) is 0 Å². The summed E-state index contributed by atoms with van der Waals surface area (Å²) in [5.41, 5.74) is 0.519. The predicted molar refractivity (Wildman–Crippen MR) is 67.5 cm³/mol. The van der Waals surface area contributed by atoms with E-state index >= 15 is 0 Å². The third-order valence-corrected chi connectivity index (χ3v) is 2.52. The quantitative estimate of drug-likeness (QED) is 0.901. The Bertz CT molecular complexity index is 531. The standard InChI is InChI=1S/C13H16F2N4/c1-9(2)16-6-13-17-8-19(18-13)7-10-3-11(14)5-12(15)4-10/h3-5,8-9,16H,6-7H2,1-2H3. The van der Waals surface area contributed by atoms with E-state index in [9.17, 15) is 8.78 Å². The fourth-order valence-corrected chi connectivity index (χ4v) is 1.68. The van der Waals surface area contributed by atoms with Crippen LogP contribution in [0.1, 0.15) is 25.2 Å². The Morgan fingerprint density at radius 3 is 2.53 bits per heavy atom. The van der Waals surface area contributed by atoms with Crippen LogP contribution in [0.5, 0.6) is 0 Å². The lowest BCUT2D eigenvalue weighted by Crippen LogP contribution is -2.22. The minimum Gasteiger partial charge on any atom is -0.308 e. The molecule has 102 valence electrons. The summed E-state index contributed by atoms with van der Waals surface area (Å²) in [6, 6.07) is 3.78. The van der Waals surface area contributed by atoms with Crippen LogP contribution in [0.15, 0.2) is 24.5 Å². The summed E-state index contributed by atoms with van der Waals surface area (Å²) in [5, 5.41) is 7.43. The van der Waals surface area contributed by atoms with E-state index in [1.54, 1.807) is 11.0 Å². The van der Waals surface area contributed by atoms with Crippen LogP contribution in [-0.4, -0.2) is 20.8 Å². The van der Waals surface area contributed by atoms with Gasteiger partial charge < -0.3 is 5.32 Å². The molecule has 0 aliphatic heterocycles. The average molecular weight is 266 g/mol. The molecular weight excluding hydrogens is 250 g/mol. The van der Waals surface area contributed by atoms with E-state index in [-0.39, 0.29) is 0 Å². The van der Waals surface area contributed by atoms with Crippen molar-refractivity contribution in [3.05, 3.63) is 47.5 Å². The van der Waals surface area contributed by atoms with Gasteiger partial charge in [-0.2, -0.15) is 5.10 Å². The van der Waals surface area contributed by atoms with Crippen LogP contribution in [0.4, 0.5) is 8.78 Å². The first-order valence-corrected chi connectivity index (χ1v) is 6.09. The SMILES string of the molecule is CC(C)NCc1ncn(Cc2cc(F)cc(F)c2)n1. The topological polar surface area (TPSA) is 42.7 Å². The molecule has 0 fully saturated rings. The fourth-order valence-electron chi connectivity index (χ4n) is 1.68. The van der Waals surface area contributed by atoms with Crippen LogP contribution < -0.4 is 5.32 Å². The molecule has 19 heavy (non-hydrogen) atoms. The molecule has 4 nitrogen and oxygen atoms in total. The molecule has 1 N–H and O–H groups in total. The van der Waals surface area contributed by atoms with Gasteiger partial charge in [0.25, 0.3) is 0 Å². The molecule has 1 heterocycles. The van der Waals surface area contributed by atoms with Crippen molar-refractivity contribution in [2.24, 2.45) is 0 Å². The highest BCUT2D eigenvalue weighted by Gasteiger charge is 2.05. The average Bonchev–Trinajstić information content (AvgIpc) is 2.72. The van der Waals surface area contributed by atoms with Crippen molar-refractivity contribution in [1.29, 1.82) is 0 Å². The summed E-state index contributed by atoms with van der Waals surface area (Å²) in [4.78, 5) is 4.13. The predicted octanol–water partition coefficient (Wildman–Crippen LogP) is 2.10. The second kappa shape index (κ2) is 5.88. The molecule has 0 atom stereocenters. The third-order valence-electron chi connectivity index (χ3n) is 2.52. The molecule has 0 radical (unpaired) electrons. The Morgan fingerprint density at radius 2 is 1.89 bits per heavy atom. The van der Waals surface area contributed by atoms with Gasteiger partial charge in [0.15, 0.2) is 5.82 Å². The van der Waals surface area contributed by atoms with Gasteiger partial charge >= 0.3 is 0 Å². The first-order valence-electron chi connectivity index (χ1n) is 6.09. The van der Waals surface area contributed by atoms with Gasteiger partial charge in [0.1, 0.15) is 18.0 Å². The summed E-state index contributed by atoms with van der Waals surface area (Å²) in [6.07, 6.45) is 1.56. The minimum absolute atomic E-state index is 0.295. The number of nitrogens with zero attached hydrogens (tertiary/aromatic N) is 3. The van der Waals surface area contributed by atoms with E-state index in [1.165, 1.54) is 12.1 Å². The van der Waals surface area contributed by atoms with Gasteiger partial charge in [-0.3, -0.25) is 0 Å². The van der Waals surface area contributed by atoms with Crippen LogP contribution in [0, 0.1) is 11.6 Å². The Morgan fingerprint density at radius 1 is 1.21 bits per heavy atom. The summed E-state index contributed by atoms with van der Waals surface area (Å²) in [7, 11) is 0. The largest absolute Gasteiger partial charge is 0.308 e. The third kappa shape index (κ3) is 4.10. The lowest BCUT2D eigenvalue weighted by atomic mass is 10.2. The molecule has 0 amide bonds. The molecule has 2 aromatic rings. The minimum atomic E-state index is -0.586. The number of hydrogen-bond acceptors (Lipinski definition) is 3. The molecular formula is C13H16F2N4. The zero-order valence-corrected chi connectivity index (χ0v) is 10.9. The number of aromatic nitrogens is 3. The molecule has 0 saturated heterocycles. The van der Waals surface area contributed by atoms with Gasteiger partial charge in [-0.15, -0.1) is 0 Å². The monoisotopic (exact) mass is 266 g/mol. The van der Waals surface area contributed by atoms with Crippen LogP contribution in [0.2, 0.25) is 0 Å². The number of rotatable bonds is 5. The van der Waals surface area contributed by atoms with Crippen molar-refractivity contribution in [3.8, 4) is 0 Å². The molecule has 1 aromatic carbocycles. The van der Waals surface area contributed by atoms with Crippen LogP contribution in [0.25, 0.3) is 0 Å². The van der Waals surface area contributed by atoms with Crippen LogP contribution in [0.3, 0.4) is 0 Å². The molecule has 0 spiro atoms. The Labute approximate surface area is 110 Å². The Balaban J connectivity index is 2.03. The first-order chi connectivity index (χ1) is 9.02. The van der Waals surface area contributed by atoms with Crippen molar-refractivity contribution in [1.82, 2.24) is 20.1 Å². The van der Waals surface area contributed by atoms with Crippen molar-refractivity contribution in [3.63, 3.8) is 0 Å². The molecule has 0 aliphatic carbocycles. The molecule has 0 unspecified atom stereocenters. The summed E-state index contributed by atoms with van der Waals surface area (Å²) in [5.74, 6) is -0.515. The number of benzene rings is 1. The van der Waals surface area contributed by atoms with Gasteiger partial charge in [0, 0.05) is 12.1 Å². The maximum atomic E-state index is 13.1. The second-order valence-corrected chi connectivity index (χ2v) is 4.67. The summed E-state index contributed by atoms with van der Waals surface area (Å²) < 4.78 is 27.7. The van der Waals surface area contributed by atoms with Crippen LogP contribution >= 0.6 is 0 Å². The maximum Gasteiger partial charge on any atom is 0.164 e.